The summed E-state index contributed by atoms with van der Waals surface area (Å²) >= 11 is 0. The van der Waals surface area contributed by atoms with Crippen LogP contribution in [0.3, 0.4) is 0 Å². The molecule has 4 N–H and O–H groups in total. The molecular formula is C12H18Cl2N2O2. The van der Waals surface area contributed by atoms with Crippen molar-refractivity contribution >= 4 is 0 Å². The molecule has 102 valence electrons. The SMILES string of the molecule is O.O.[Cl-].[Cl-].c1cc[n+](CC[n+]2ccccc2)cc1. The van der Waals surface area contributed by atoms with Crippen LogP contribution in [0, 0.1) is 0 Å². The molecule has 0 amide bonds. The standard InChI is InChI=1S/C12H14N2.2ClH.2H2O/c1-3-7-13(8-4-1)11-12-14-9-5-2-6-10-14;;;;/h1-10H,11-12H2;2*1H;2*1H2/q+2;;;;/p-2. The van der Waals surface area contributed by atoms with Crippen LogP contribution >= 0.6 is 0 Å². The van der Waals surface area contributed by atoms with Gasteiger partial charge in [0.25, 0.3) is 0 Å². The maximum atomic E-state index is 2.18. The van der Waals surface area contributed by atoms with Crippen molar-refractivity contribution in [2.24, 2.45) is 0 Å². The van der Waals surface area contributed by atoms with Gasteiger partial charge in [0.05, 0.1) is 0 Å². The predicted octanol–water partition coefficient (Wildman–Crippen LogP) is -6.68. The van der Waals surface area contributed by atoms with E-state index in [1.807, 2.05) is 12.1 Å². The fourth-order valence-corrected chi connectivity index (χ4v) is 1.40. The fourth-order valence-electron chi connectivity index (χ4n) is 1.40. The Labute approximate surface area is 119 Å². The molecule has 0 aliphatic heterocycles. The van der Waals surface area contributed by atoms with Crippen molar-refractivity contribution in [3.8, 4) is 0 Å². The highest BCUT2D eigenvalue weighted by Gasteiger charge is 2.02. The van der Waals surface area contributed by atoms with Crippen molar-refractivity contribution < 1.29 is 44.9 Å². The van der Waals surface area contributed by atoms with Gasteiger partial charge in [-0.3, -0.25) is 0 Å². The first-order chi connectivity index (χ1) is 6.95. The summed E-state index contributed by atoms with van der Waals surface area (Å²) in [4.78, 5) is 0. The Morgan fingerprint density at radius 3 is 1.06 bits per heavy atom. The average Bonchev–Trinajstić information content (AvgIpc) is 2.29. The van der Waals surface area contributed by atoms with E-state index in [1.54, 1.807) is 0 Å². The van der Waals surface area contributed by atoms with E-state index in [0.29, 0.717) is 0 Å². The van der Waals surface area contributed by atoms with Crippen LogP contribution in [-0.4, -0.2) is 11.0 Å². The van der Waals surface area contributed by atoms with Gasteiger partial charge in [0, 0.05) is 24.3 Å². The first-order valence-corrected chi connectivity index (χ1v) is 4.83. The molecule has 0 saturated carbocycles. The van der Waals surface area contributed by atoms with E-state index in [1.165, 1.54) is 0 Å². The van der Waals surface area contributed by atoms with E-state index in [4.69, 9.17) is 0 Å². The van der Waals surface area contributed by atoms with E-state index >= 15 is 0 Å². The van der Waals surface area contributed by atoms with Gasteiger partial charge in [0.15, 0.2) is 24.8 Å². The normalized spacial score (nSPS) is 7.78. The Bertz CT molecular complexity index is 348. The second kappa shape index (κ2) is 12.3. The second-order valence-electron chi connectivity index (χ2n) is 3.23. The van der Waals surface area contributed by atoms with Crippen LogP contribution in [-0.2, 0) is 13.1 Å². The summed E-state index contributed by atoms with van der Waals surface area (Å²) < 4.78 is 4.36. The first kappa shape index (κ1) is 22.0. The third kappa shape index (κ3) is 7.19. The average molecular weight is 293 g/mol. The van der Waals surface area contributed by atoms with Gasteiger partial charge in [-0.05, 0) is 0 Å². The zero-order valence-electron chi connectivity index (χ0n) is 9.84. The molecule has 0 aliphatic rings. The van der Waals surface area contributed by atoms with E-state index in [9.17, 15) is 0 Å². The lowest BCUT2D eigenvalue weighted by atomic mass is 10.4. The number of aryl methyl sites for hydroxylation is 2. The zero-order valence-corrected chi connectivity index (χ0v) is 11.3. The molecular weight excluding hydrogens is 275 g/mol. The van der Waals surface area contributed by atoms with Crippen LogP contribution in [0.1, 0.15) is 0 Å². The van der Waals surface area contributed by atoms with E-state index in [0.717, 1.165) is 13.1 Å². The molecule has 0 bridgehead atoms. The molecule has 0 saturated heterocycles. The minimum absolute atomic E-state index is 0. The molecule has 2 rings (SSSR count). The quantitative estimate of drug-likeness (QED) is 0.505. The molecule has 2 aromatic heterocycles. The van der Waals surface area contributed by atoms with Crippen molar-refractivity contribution in [1.29, 1.82) is 0 Å². The summed E-state index contributed by atoms with van der Waals surface area (Å²) in [5.74, 6) is 0. The van der Waals surface area contributed by atoms with Gasteiger partial charge in [-0.15, -0.1) is 0 Å². The maximum absolute atomic E-state index is 2.18. The molecule has 4 nitrogen and oxygen atoms in total. The second-order valence-corrected chi connectivity index (χ2v) is 3.23. The van der Waals surface area contributed by atoms with Gasteiger partial charge in [-0.25, -0.2) is 0 Å². The Balaban J connectivity index is -0.000000562. The first-order valence-electron chi connectivity index (χ1n) is 4.83. The van der Waals surface area contributed by atoms with Crippen LogP contribution in [0.5, 0.6) is 0 Å². The Morgan fingerprint density at radius 1 is 0.500 bits per heavy atom. The monoisotopic (exact) mass is 292 g/mol. The van der Waals surface area contributed by atoms with Crippen molar-refractivity contribution in [2.75, 3.05) is 0 Å². The van der Waals surface area contributed by atoms with Crippen LogP contribution in [0.15, 0.2) is 61.2 Å². The molecule has 0 radical (unpaired) electrons. The lowest BCUT2D eigenvalue weighted by molar-refractivity contribution is -0.778. The molecule has 2 aromatic rings. The summed E-state index contributed by atoms with van der Waals surface area (Å²) in [7, 11) is 0. The molecule has 0 aromatic carbocycles. The van der Waals surface area contributed by atoms with Crippen molar-refractivity contribution in [3.05, 3.63) is 61.2 Å². The molecule has 6 heteroatoms. The molecule has 18 heavy (non-hydrogen) atoms. The summed E-state index contributed by atoms with van der Waals surface area (Å²) in [5, 5.41) is 0. The number of aromatic nitrogens is 2. The van der Waals surface area contributed by atoms with Crippen LogP contribution in [0.25, 0.3) is 0 Å². The number of pyridine rings is 2. The van der Waals surface area contributed by atoms with Gasteiger partial charge >= 0.3 is 0 Å². The Hall–Kier alpha value is -1.20. The highest BCUT2D eigenvalue weighted by Crippen LogP contribution is 1.79. The van der Waals surface area contributed by atoms with E-state index in [2.05, 4.69) is 58.2 Å². The third-order valence-electron chi connectivity index (χ3n) is 2.17. The topological polar surface area (TPSA) is 70.8 Å². The maximum Gasteiger partial charge on any atom is 0.206 e. The molecule has 2 heterocycles. The number of rotatable bonds is 3. The lowest BCUT2D eigenvalue weighted by Crippen LogP contribution is -3.00. The fraction of sp³-hybridized carbons (Fsp3) is 0.167. The van der Waals surface area contributed by atoms with Crippen molar-refractivity contribution in [2.45, 2.75) is 13.1 Å². The molecule has 0 aliphatic carbocycles. The number of hydrogen-bond acceptors (Lipinski definition) is 0. The Morgan fingerprint density at radius 2 is 0.778 bits per heavy atom. The summed E-state index contributed by atoms with van der Waals surface area (Å²) in [6, 6.07) is 12.3. The predicted molar refractivity (Wildman–Crippen MR) is 60.5 cm³/mol. The third-order valence-corrected chi connectivity index (χ3v) is 2.17. The molecule has 0 unspecified atom stereocenters. The van der Waals surface area contributed by atoms with Crippen molar-refractivity contribution in [3.63, 3.8) is 0 Å². The molecule has 0 spiro atoms. The summed E-state index contributed by atoms with van der Waals surface area (Å²) in [6.07, 6.45) is 8.35. The van der Waals surface area contributed by atoms with Gasteiger partial charge < -0.3 is 35.8 Å². The smallest absolute Gasteiger partial charge is 0.206 e. The summed E-state index contributed by atoms with van der Waals surface area (Å²) in [6.45, 7) is 2.02. The lowest BCUT2D eigenvalue weighted by Gasteiger charge is -1.93. The highest BCUT2D eigenvalue weighted by atomic mass is 35.5. The summed E-state index contributed by atoms with van der Waals surface area (Å²) in [5.41, 5.74) is 0. The van der Waals surface area contributed by atoms with Gasteiger partial charge in [0.1, 0.15) is 0 Å². The minimum Gasteiger partial charge on any atom is -1.00 e. The molecule has 0 fully saturated rings. The minimum atomic E-state index is 0. The molecule has 0 atom stereocenters. The van der Waals surface area contributed by atoms with Gasteiger partial charge in [-0.1, -0.05) is 12.1 Å². The number of halogens is 2. The van der Waals surface area contributed by atoms with E-state index < -0.39 is 0 Å². The van der Waals surface area contributed by atoms with Crippen LogP contribution < -0.4 is 33.9 Å². The highest BCUT2D eigenvalue weighted by molar-refractivity contribution is 4.84. The van der Waals surface area contributed by atoms with Gasteiger partial charge in [0.2, 0.25) is 13.1 Å². The number of nitrogens with zero attached hydrogens (tertiary/aromatic N) is 2. The van der Waals surface area contributed by atoms with Crippen LogP contribution in [0.2, 0.25) is 0 Å². The number of hydrogen-bond donors (Lipinski definition) is 0. The van der Waals surface area contributed by atoms with Crippen molar-refractivity contribution in [1.82, 2.24) is 0 Å². The largest absolute Gasteiger partial charge is 1.00 e. The van der Waals surface area contributed by atoms with Crippen LogP contribution in [0.4, 0.5) is 0 Å². The zero-order chi connectivity index (χ0) is 9.64. The van der Waals surface area contributed by atoms with Gasteiger partial charge in [-0.2, -0.15) is 9.13 Å². The Kier molecular flexibility index (Phi) is 15.0. The van der Waals surface area contributed by atoms with E-state index in [-0.39, 0.29) is 35.8 Å².